The highest BCUT2D eigenvalue weighted by molar-refractivity contribution is 7.92. The molecule has 0 bridgehead atoms. The lowest BCUT2D eigenvalue weighted by Crippen LogP contribution is -2.14. The molecule has 0 fully saturated rings. The van der Waals surface area contributed by atoms with Crippen LogP contribution in [0, 0.1) is 0 Å². The van der Waals surface area contributed by atoms with E-state index in [0.29, 0.717) is 0 Å². The van der Waals surface area contributed by atoms with E-state index in [4.69, 9.17) is 0 Å². The molecule has 0 amide bonds. The van der Waals surface area contributed by atoms with Gasteiger partial charge in [0.1, 0.15) is 11.5 Å². The van der Waals surface area contributed by atoms with E-state index in [1.165, 1.54) is 18.9 Å². The summed E-state index contributed by atoms with van der Waals surface area (Å²) < 4.78 is 23.8. The van der Waals surface area contributed by atoms with Crippen LogP contribution in [0.25, 0.3) is 0 Å². The van der Waals surface area contributed by atoms with Crippen LogP contribution in [-0.2, 0) is 27.5 Å². The fourth-order valence-electron chi connectivity index (χ4n) is 2.25. The molecule has 0 radical (unpaired) electrons. The Hall–Kier alpha value is -1.16. The molecule has 0 atom stereocenters. The van der Waals surface area contributed by atoms with E-state index in [1.807, 2.05) is 6.07 Å². The van der Waals surface area contributed by atoms with Crippen LogP contribution in [0.5, 0.6) is 0 Å². The van der Waals surface area contributed by atoms with Crippen molar-refractivity contribution in [3.05, 3.63) is 29.3 Å². The minimum Gasteiger partial charge on any atom is -0.299 e. The lowest BCUT2D eigenvalue weighted by atomic mass is 9.92. The Labute approximate surface area is 102 Å². The van der Waals surface area contributed by atoms with Gasteiger partial charge in [0.2, 0.25) is 0 Å². The number of ketones is 1. The van der Waals surface area contributed by atoms with Crippen molar-refractivity contribution in [2.75, 3.05) is 5.75 Å². The van der Waals surface area contributed by atoms with Gasteiger partial charge in [-0.25, -0.2) is 8.42 Å². The summed E-state index contributed by atoms with van der Waals surface area (Å²) in [5.41, 5.74) is 2.37. The zero-order valence-corrected chi connectivity index (χ0v) is 10.7. The van der Waals surface area contributed by atoms with E-state index in [2.05, 4.69) is 0 Å². The number of fused-ring (bicyclic) bond motifs is 1. The van der Waals surface area contributed by atoms with Gasteiger partial charge in [0.15, 0.2) is 9.84 Å². The lowest BCUT2D eigenvalue weighted by Gasteiger charge is -2.16. The molecule has 17 heavy (non-hydrogen) atoms. The molecule has 0 aliphatic heterocycles. The average Bonchev–Trinajstić information content (AvgIpc) is 2.26. The average molecular weight is 252 g/mol. The predicted octanol–water partition coefficient (Wildman–Crippen LogP) is 1.93. The first kappa shape index (κ1) is 12.3. The van der Waals surface area contributed by atoms with Gasteiger partial charge in [0.05, 0.1) is 4.90 Å². The summed E-state index contributed by atoms with van der Waals surface area (Å²) >= 11 is 0. The molecule has 1 aliphatic carbocycles. The molecule has 4 heteroatoms. The van der Waals surface area contributed by atoms with Crippen LogP contribution in [0.4, 0.5) is 0 Å². The molecule has 0 aromatic heterocycles. The Morgan fingerprint density at radius 2 is 1.82 bits per heavy atom. The molecule has 0 heterocycles. The molecule has 0 spiro atoms. The summed E-state index contributed by atoms with van der Waals surface area (Å²) in [5, 5.41) is 0. The van der Waals surface area contributed by atoms with Crippen molar-refractivity contribution in [3.8, 4) is 0 Å². The molecule has 2 rings (SSSR count). The van der Waals surface area contributed by atoms with E-state index < -0.39 is 15.6 Å². The maximum atomic E-state index is 11.9. The fraction of sp³-hybridized carbons (Fsp3) is 0.462. The molecular weight excluding hydrogens is 236 g/mol. The van der Waals surface area contributed by atoms with Gasteiger partial charge in [0.25, 0.3) is 0 Å². The Morgan fingerprint density at radius 3 is 2.47 bits per heavy atom. The van der Waals surface area contributed by atoms with E-state index >= 15 is 0 Å². The van der Waals surface area contributed by atoms with Gasteiger partial charge in [-0.3, -0.25) is 4.79 Å². The third-order valence-electron chi connectivity index (χ3n) is 3.07. The molecule has 92 valence electrons. The molecule has 0 saturated carbocycles. The molecule has 0 saturated heterocycles. The number of aryl methyl sites for hydroxylation is 2. The summed E-state index contributed by atoms with van der Waals surface area (Å²) in [5.74, 6) is -0.714. The number of hydrogen-bond donors (Lipinski definition) is 0. The smallest absolute Gasteiger partial charge is 0.185 e. The van der Waals surface area contributed by atoms with Gasteiger partial charge >= 0.3 is 0 Å². The van der Waals surface area contributed by atoms with Crippen molar-refractivity contribution in [1.29, 1.82) is 0 Å². The normalized spacial score (nSPS) is 15.4. The van der Waals surface area contributed by atoms with E-state index in [-0.39, 0.29) is 10.7 Å². The minimum absolute atomic E-state index is 0.286. The number of hydrogen-bond acceptors (Lipinski definition) is 3. The number of carbonyl (C=O) groups excluding carboxylic acids is 1. The maximum Gasteiger partial charge on any atom is 0.185 e. The number of benzene rings is 1. The summed E-state index contributed by atoms with van der Waals surface area (Å²) in [6.45, 7) is 1.30. The number of sulfone groups is 1. The Morgan fingerprint density at radius 1 is 1.18 bits per heavy atom. The zero-order valence-electron chi connectivity index (χ0n) is 9.90. The van der Waals surface area contributed by atoms with Crippen LogP contribution in [0.1, 0.15) is 30.9 Å². The first-order valence-electron chi connectivity index (χ1n) is 5.83. The van der Waals surface area contributed by atoms with E-state index in [0.717, 1.165) is 24.8 Å². The topological polar surface area (TPSA) is 51.2 Å². The third-order valence-corrected chi connectivity index (χ3v) is 4.83. The Bertz CT molecular complexity index is 544. The summed E-state index contributed by atoms with van der Waals surface area (Å²) in [4.78, 5) is 11.2. The van der Waals surface area contributed by atoms with Crippen LogP contribution in [0.15, 0.2) is 23.1 Å². The highest BCUT2D eigenvalue weighted by Gasteiger charge is 2.19. The molecular formula is C13H16O3S. The Balaban J connectivity index is 2.37. The molecule has 0 N–H and O–H groups in total. The molecule has 3 nitrogen and oxygen atoms in total. The van der Waals surface area contributed by atoms with Crippen LogP contribution in [0.2, 0.25) is 0 Å². The second kappa shape index (κ2) is 4.61. The molecule has 1 aromatic carbocycles. The summed E-state index contributed by atoms with van der Waals surface area (Å²) in [6, 6.07) is 5.26. The molecule has 0 unspecified atom stereocenters. The Kier molecular flexibility index (Phi) is 3.33. The summed E-state index contributed by atoms with van der Waals surface area (Å²) in [6.07, 6.45) is 4.26. The van der Waals surface area contributed by atoms with Gasteiger partial charge in [-0.2, -0.15) is 0 Å². The monoisotopic (exact) mass is 252 g/mol. The maximum absolute atomic E-state index is 11.9. The van der Waals surface area contributed by atoms with Crippen LogP contribution < -0.4 is 0 Å². The van der Waals surface area contributed by atoms with Crippen molar-refractivity contribution >= 4 is 15.6 Å². The van der Waals surface area contributed by atoms with Crippen LogP contribution >= 0.6 is 0 Å². The van der Waals surface area contributed by atoms with Gasteiger partial charge in [-0.1, -0.05) is 6.07 Å². The van der Waals surface area contributed by atoms with Crippen molar-refractivity contribution < 1.29 is 13.2 Å². The highest BCUT2D eigenvalue weighted by atomic mass is 32.2. The van der Waals surface area contributed by atoms with Crippen LogP contribution in [0.3, 0.4) is 0 Å². The van der Waals surface area contributed by atoms with Gasteiger partial charge in [-0.05, 0) is 55.9 Å². The van der Waals surface area contributed by atoms with Crippen molar-refractivity contribution in [2.45, 2.75) is 37.5 Å². The van der Waals surface area contributed by atoms with Gasteiger partial charge in [0, 0.05) is 0 Å². The highest BCUT2D eigenvalue weighted by Crippen LogP contribution is 2.24. The predicted molar refractivity (Wildman–Crippen MR) is 65.8 cm³/mol. The first-order chi connectivity index (χ1) is 7.99. The second-order valence-electron chi connectivity index (χ2n) is 4.60. The quantitative estimate of drug-likeness (QED) is 0.826. The van der Waals surface area contributed by atoms with Crippen LogP contribution in [-0.4, -0.2) is 20.0 Å². The lowest BCUT2D eigenvalue weighted by molar-refractivity contribution is -0.114. The van der Waals surface area contributed by atoms with Gasteiger partial charge in [-0.15, -0.1) is 0 Å². The zero-order chi connectivity index (χ0) is 12.5. The fourth-order valence-corrected chi connectivity index (χ4v) is 3.55. The van der Waals surface area contributed by atoms with Crippen molar-refractivity contribution in [1.82, 2.24) is 0 Å². The standard InChI is InChI=1S/C13H16O3S/c1-10(14)9-17(15,16)13-7-6-11-4-2-3-5-12(11)8-13/h6-8H,2-5,9H2,1H3. The molecule has 1 aliphatic rings. The number of carbonyl (C=O) groups is 1. The van der Waals surface area contributed by atoms with Crippen molar-refractivity contribution in [3.63, 3.8) is 0 Å². The second-order valence-corrected chi connectivity index (χ2v) is 6.59. The first-order valence-corrected chi connectivity index (χ1v) is 7.48. The van der Waals surface area contributed by atoms with E-state index in [9.17, 15) is 13.2 Å². The molecule has 1 aromatic rings. The van der Waals surface area contributed by atoms with Gasteiger partial charge < -0.3 is 0 Å². The minimum atomic E-state index is -3.44. The SMILES string of the molecule is CC(=O)CS(=O)(=O)c1ccc2c(c1)CCCC2. The van der Waals surface area contributed by atoms with Crippen molar-refractivity contribution in [2.24, 2.45) is 0 Å². The third kappa shape index (κ3) is 2.75. The number of Topliss-reactive ketones (excluding diaryl/α,β-unsaturated/α-hetero) is 1. The van der Waals surface area contributed by atoms with E-state index in [1.54, 1.807) is 12.1 Å². The summed E-state index contributed by atoms with van der Waals surface area (Å²) in [7, 11) is -3.44. The largest absolute Gasteiger partial charge is 0.299 e. The number of rotatable bonds is 3.